The van der Waals surface area contributed by atoms with Crippen LogP contribution in [0.25, 0.3) is 11.3 Å². The molecule has 4 rings (SSSR count). The zero-order chi connectivity index (χ0) is 20.4. The highest BCUT2D eigenvalue weighted by Crippen LogP contribution is 2.26. The molecule has 1 aromatic carbocycles. The van der Waals surface area contributed by atoms with Crippen LogP contribution in [0.15, 0.2) is 36.7 Å². The molecule has 0 radical (unpaired) electrons. The number of nitrogens with zero attached hydrogens (tertiary/aromatic N) is 4. The largest absolute Gasteiger partial charge is 0.330 e. The fourth-order valence-corrected chi connectivity index (χ4v) is 3.89. The predicted octanol–water partition coefficient (Wildman–Crippen LogP) is 2.86. The second kappa shape index (κ2) is 8.08. The Morgan fingerprint density at radius 1 is 1.34 bits per heavy atom. The Balaban J connectivity index is 1.50. The number of nitrogens with one attached hydrogen (secondary N) is 3. The molecule has 1 aliphatic heterocycles. The molecule has 1 aliphatic rings. The molecule has 3 N–H and O–H groups in total. The van der Waals surface area contributed by atoms with E-state index in [0.29, 0.717) is 5.82 Å². The van der Waals surface area contributed by atoms with Gasteiger partial charge >= 0.3 is 6.03 Å². The van der Waals surface area contributed by atoms with Crippen molar-refractivity contribution in [3.63, 3.8) is 0 Å². The molecule has 2 aromatic heterocycles. The topological polar surface area (TPSA) is 90.9 Å². The minimum absolute atomic E-state index is 0.0642. The number of carbonyl (C=O) groups is 1. The lowest BCUT2D eigenvalue weighted by Crippen LogP contribution is -2.39. The van der Waals surface area contributed by atoms with Crippen molar-refractivity contribution in [3.8, 4) is 11.3 Å². The summed E-state index contributed by atoms with van der Waals surface area (Å²) in [7, 11) is 1.87. The van der Waals surface area contributed by atoms with Crippen molar-refractivity contribution < 1.29 is 4.79 Å². The first-order valence-corrected chi connectivity index (χ1v) is 9.96. The Morgan fingerprint density at radius 3 is 2.93 bits per heavy atom. The lowest BCUT2D eigenvalue weighted by atomic mass is 10.00. The molecule has 3 aromatic rings. The number of carbonyl (C=O) groups excluding carboxylic acids is 1. The van der Waals surface area contributed by atoms with Crippen LogP contribution in [0, 0.1) is 6.92 Å². The Labute approximate surface area is 170 Å². The van der Waals surface area contributed by atoms with Gasteiger partial charge in [0.05, 0.1) is 17.9 Å². The van der Waals surface area contributed by atoms with E-state index >= 15 is 0 Å². The van der Waals surface area contributed by atoms with Crippen molar-refractivity contribution in [1.82, 2.24) is 30.2 Å². The predicted molar refractivity (Wildman–Crippen MR) is 113 cm³/mol. The molecule has 2 amide bonds. The van der Waals surface area contributed by atoms with Gasteiger partial charge in [-0.05, 0) is 31.0 Å². The molecule has 0 saturated carbocycles. The highest BCUT2D eigenvalue weighted by molar-refractivity contribution is 5.90. The van der Waals surface area contributed by atoms with Gasteiger partial charge in [-0.2, -0.15) is 10.2 Å². The molecule has 1 atom stereocenters. The normalized spacial score (nSPS) is 16.9. The molecule has 0 spiro atoms. The summed E-state index contributed by atoms with van der Waals surface area (Å²) in [5.41, 5.74) is 5.15. The van der Waals surface area contributed by atoms with E-state index < -0.39 is 0 Å². The van der Waals surface area contributed by atoms with E-state index in [4.69, 9.17) is 0 Å². The highest BCUT2D eigenvalue weighted by Gasteiger charge is 2.24. The summed E-state index contributed by atoms with van der Waals surface area (Å²) < 4.78 is 1.73. The lowest BCUT2D eigenvalue weighted by Gasteiger charge is -2.24. The van der Waals surface area contributed by atoms with Crippen molar-refractivity contribution in [1.29, 1.82) is 0 Å². The summed E-state index contributed by atoms with van der Waals surface area (Å²) in [6.45, 7) is 6.84. The number of rotatable bonds is 4. The quantitative estimate of drug-likeness (QED) is 0.636. The van der Waals surface area contributed by atoms with Gasteiger partial charge in [-0.15, -0.1) is 0 Å². The van der Waals surface area contributed by atoms with Gasteiger partial charge in [0.2, 0.25) is 0 Å². The monoisotopic (exact) mass is 393 g/mol. The van der Waals surface area contributed by atoms with E-state index in [0.717, 1.165) is 42.9 Å². The smallest absolute Gasteiger partial charge is 0.320 e. The molecule has 1 unspecified atom stereocenters. The molecule has 0 fully saturated rings. The third kappa shape index (κ3) is 4.02. The number of aromatic nitrogens is 4. The third-order valence-electron chi connectivity index (χ3n) is 5.56. The average Bonchev–Trinajstić information content (AvgIpc) is 3.24. The summed E-state index contributed by atoms with van der Waals surface area (Å²) >= 11 is 0. The van der Waals surface area contributed by atoms with Crippen molar-refractivity contribution in [2.24, 2.45) is 7.05 Å². The van der Waals surface area contributed by atoms with E-state index in [9.17, 15) is 4.79 Å². The van der Waals surface area contributed by atoms with Crippen LogP contribution < -0.4 is 10.6 Å². The summed E-state index contributed by atoms with van der Waals surface area (Å²) in [6.07, 6.45) is 4.68. The minimum atomic E-state index is -0.255. The molecule has 8 nitrogen and oxygen atoms in total. The number of likely N-dealkylation sites (N-methyl/N-ethyl adjacent to an activating group) is 1. The molecule has 29 heavy (non-hydrogen) atoms. The number of anilines is 1. The lowest BCUT2D eigenvalue weighted by molar-refractivity contribution is 0.236. The Morgan fingerprint density at radius 2 is 2.17 bits per heavy atom. The maximum absolute atomic E-state index is 12.8. The molecular formula is C21H27N7O. The SMILES string of the molecule is CCN1CCc2ccccc2C(NC(=O)Nc2n[nH]c(-c3cnn(C)c3)c2C)C1. The molecule has 3 heterocycles. The summed E-state index contributed by atoms with van der Waals surface area (Å²) in [4.78, 5) is 15.2. The summed E-state index contributed by atoms with van der Waals surface area (Å²) in [6, 6.07) is 8.04. The first kappa shape index (κ1) is 19.2. The Kier molecular flexibility index (Phi) is 5.35. The Bertz CT molecular complexity index is 1010. The van der Waals surface area contributed by atoms with Crippen LogP contribution in [0.4, 0.5) is 10.6 Å². The molecule has 8 heteroatoms. The van der Waals surface area contributed by atoms with Gasteiger partial charge in [0.15, 0.2) is 5.82 Å². The van der Waals surface area contributed by atoms with Crippen molar-refractivity contribution in [2.45, 2.75) is 26.3 Å². The van der Waals surface area contributed by atoms with Crippen molar-refractivity contribution in [2.75, 3.05) is 25.0 Å². The second-order valence-electron chi connectivity index (χ2n) is 7.47. The number of urea groups is 1. The minimum Gasteiger partial charge on any atom is -0.330 e. The number of aromatic amines is 1. The summed E-state index contributed by atoms with van der Waals surface area (Å²) in [5.74, 6) is 0.524. The average molecular weight is 393 g/mol. The second-order valence-corrected chi connectivity index (χ2v) is 7.47. The molecular weight excluding hydrogens is 366 g/mol. The van der Waals surface area contributed by atoms with Gasteiger partial charge in [0.1, 0.15) is 0 Å². The fourth-order valence-electron chi connectivity index (χ4n) is 3.89. The number of amides is 2. The van der Waals surface area contributed by atoms with Gasteiger partial charge < -0.3 is 10.2 Å². The summed E-state index contributed by atoms with van der Waals surface area (Å²) in [5, 5.41) is 17.5. The van der Waals surface area contributed by atoms with Crippen LogP contribution in [0.3, 0.4) is 0 Å². The van der Waals surface area contributed by atoms with Crippen LogP contribution in [0.5, 0.6) is 0 Å². The standard InChI is InChI=1S/C21H27N7O/c1-4-28-10-9-15-7-5-6-8-17(15)18(13-28)23-21(29)24-20-14(2)19(25-26-20)16-11-22-27(3)12-16/h5-8,11-12,18H,4,9-10,13H2,1-3H3,(H3,23,24,25,26,29). The molecule has 0 bridgehead atoms. The molecule has 0 saturated heterocycles. The number of hydrogen-bond acceptors (Lipinski definition) is 4. The van der Waals surface area contributed by atoms with Gasteiger partial charge in [-0.1, -0.05) is 31.2 Å². The van der Waals surface area contributed by atoms with Crippen LogP contribution in [-0.4, -0.2) is 50.5 Å². The van der Waals surface area contributed by atoms with Crippen molar-refractivity contribution >= 4 is 11.8 Å². The molecule has 0 aliphatic carbocycles. The molecule has 152 valence electrons. The van der Waals surface area contributed by atoms with Gasteiger partial charge in [0, 0.05) is 37.5 Å². The Hall–Kier alpha value is -3.13. The van der Waals surface area contributed by atoms with E-state index in [2.05, 4.69) is 56.0 Å². The highest BCUT2D eigenvalue weighted by atomic mass is 16.2. The van der Waals surface area contributed by atoms with Gasteiger partial charge in [-0.25, -0.2) is 4.79 Å². The maximum atomic E-state index is 12.8. The number of H-pyrrole nitrogens is 1. The zero-order valence-corrected chi connectivity index (χ0v) is 17.1. The fraction of sp³-hybridized carbons (Fsp3) is 0.381. The first-order valence-electron chi connectivity index (χ1n) is 9.96. The van der Waals surface area contributed by atoms with Crippen LogP contribution in [-0.2, 0) is 13.5 Å². The number of hydrogen-bond donors (Lipinski definition) is 3. The number of benzene rings is 1. The van der Waals surface area contributed by atoms with Gasteiger partial charge in [-0.3, -0.25) is 15.1 Å². The van der Waals surface area contributed by atoms with Crippen LogP contribution in [0.1, 0.15) is 29.7 Å². The zero-order valence-electron chi connectivity index (χ0n) is 17.1. The van der Waals surface area contributed by atoms with E-state index in [1.807, 2.05) is 26.2 Å². The van der Waals surface area contributed by atoms with Crippen LogP contribution in [0.2, 0.25) is 0 Å². The van der Waals surface area contributed by atoms with Gasteiger partial charge in [0.25, 0.3) is 0 Å². The van der Waals surface area contributed by atoms with E-state index in [-0.39, 0.29) is 12.1 Å². The maximum Gasteiger partial charge on any atom is 0.320 e. The van der Waals surface area contributed by atoms with E-state index in [1.54, 1.807) is 10.9 Å². The van der Waals surface area contributed by atoms with Crippen LogP contribution >= 0.6 is 0 Å². The number of aryl methyl sites for hydroxylation is 1. The van der Waals surface area contributed by atoms with Crippen molar-refractivity contribution in [3.05, 3.63) is 53.3 Å². The first-order chi connectivity index (χ1) is 14.0. The van der Waals surface area contributed by atoms with E-state index in [1.165, 1.54) is 11.1 Å². The third-order valence-corrected chi connectivity index (χ3v) is 5.56. The number of fused-ring (bicyclic) bond motifs is 1.